The van der Waals surface area contributed by atoms with Gasteiger partial charge in [-0.25, -0.2) is 4.79 Å². The van der Waals surface area contributed by atoms with Crippen molar-refractivity contribution < 1.29 is 14.3 Å². The van der Waals surface area contributed by atoms with E-state index >= 15 is 0 Å². The molecule has 1 N–H and O–H groups in total. The lowest BCUT2D eigenvalue weighted by molar-refractivity contribution is 0.106. The largest absolute Gasteiger partial charge is 0.497 e. The molecule has 1 aromatic carbocycles. The molecule has 5 heteroatoms. The lowest BCUT2D eigenvalue weighted by Crippen LogP contribution is -2.48. The van der Waals surface area contributed by atoms with Crippen LogP contribution in [0.25, 0.3) is 0 Å². The molecule has 2 rings (SSSR count). The van der Waals surface area contributed by atoms with Crippen molar-refractivity contribution in [2.45, 2.75) is 31.8 Å². The molecule has 0 aromatic heterocycles. The molecule has 5 nitrogen and oxygen atoms in total. The first-order chi connectivity index (χ1) is 10.1. The van der Waals surface area contributed by atoms with E-state index < -0.39 is 0 Å². The summed E-state index contributed by atoms with van der Waals surface area (Å²) in [6.07, 6.45) is 1.84. The molecule has 1 heterocycles. The molecule has 0 radical (unpaired) electrons. The molecule has 0 aliphatic carbocycles. The van der Waals surface area contributed by atoms with E-state index in [9.17, 15) is 4.79 Å². The average molecular weight is 292 g/mol. The van der Waals surface area contributed by atoms with E-state index in [1.165, 1.54) is 12.7 Å². The van der Waals surface area contributed by atoms with Gasteiger partial charge in [0, 0.05) is 25.2 Å². The van der Waals surface area contributed by atoms with Crippen LogP contribution >= 0.6 is 0 Å². The van der Waals surface area contributed by atoms with Crippen LogP contribution in [-0.4, -0.2) is 44.3 Å². The van der Waals surface area contributed by atoms with Crippen molar-refractivity contribution in [2.24, 2.45) is 0 Å². The maximum absolute atomic E-state index is 11.6. The van der Waals surface area contributed by atoms with Gasteiger partial charge < -0.3 is 19.7 Å². The Morgan fingerprint density at radius 2 is 2.05 bits per heavy atom. The second kappa shape index (κ2) is 7.31. The van der Waals surface area contributed by atoms with Crippen LogP contribution in [0, 0.1) is 0 Å². The van der Waals surface area contributed by atoms with Gasteiger partial charge in [-0.1, -0.05) is 12.1 Å². The Morgan fingerprint density at radius 1 is 1.33 bits per heavy atom. The van der Waals surface area contributed by atoms with Gasteiger partial charge in [0.2, 0.25) is 0 Å². The van der Waals surface area contributed by atoms with Crippen molar-refractivity contribution in [3.8, 4) is 5.75 Å². The van der Waals surface area contributed by atoms with Gasteiger partial charge in [-0.3, -0.25) is 0 Å². The number of hydrogen-bond acceptors (Lipinski definition) is 4. The normalized spacial score (nSPS) is 20.0. The number of carbonyl (C=O) groups is 1. The zero-order valence-electron chi connectivity index (χ0n) is 13.0. The number of likely N-dealkylation sites (tertiary alicyclic amines) is 1. The quantitative estimate of drug-likeness (QED) is 0.926. The molecule has 2 atom stereocenters. The summed E-state index contributed by atoms with van der Waals surface area (Å²) in [6, 6.07) is 8.60. The third kappa shape index (κ3) is 4.11. The zero-order chi connectivity index (χ0) is 15.2. The van der Waals surface area contributed by atoms with Crippen LogP contribution in [0.1, 0.15) is 31.4 Å². The van der Waals surface area contributed by atoms with Crippen LogP contribution in [0.4, 0.5) is 4.79 Å². The Bertz CT molecular complexity index is 461. The number of nitrogens with one attached hydrogen (secondary N) is 1. The number of carbonyl (C=O) groups excluding carboxylic acids is 1. The number of benzene rings is 1. The Balaban J connectivity index is 1.91. The molecular formula is C16H24N2O3. The fraction of sp³-hybridized carbons (Fsp3) is 0.562. The number of amides is 1. The zero-order valence-corrected chi connectivity index (χ0v) is 13.0. The van der Waals surface area contributed by atoms with Gasteiger partial charge >= 0.3 is 6.09 Å². The second-order valence-corrected chi connectivity index (χ2v) is 5.42. The predicted molar refractivity (Wildman–Crippen MR) is 81.5 cm³/mol. The highest BCUT2D eigenvalue weighted by Crippen LogP contribution is 2.20. The van der Waals surface area contributed by atoms with Gasteiger partial charge in [0.15, 0.2) is 0 Å². The molecule has 1 aliphatic rings. The highest BCUT2D eigenvalue weighted by atomic mass is 16.5. The Morgan fingerprint density at radius 3 is 2.67 bits per heavy atom. The topological polar surface area (TPSA) is 50.8 Å². The number of nitrogens with zero attached hydrogens (tertiary/aromatic N) is 1. The third-order valence-corrected chi connectivity index (χ3v) is 3.96. The molecular weight excluding hydrogens is 268 g/mol. The number of ether oxygens (including phenoxy) is 2. The smallest absolute Gasteiger partial charge is 0.409 e. The minimum Gasteiger partial charge on any atom is -0.497 e. The molecule has 116 valence electrons. The minimum atomic E-state index is -0.237. The van der Waals surface area contributed by atoms with Crippen molar-refractivity contribution in [1.29, 1.82) is 0 Å². The van der Waals surface area contributed by atoms with E-state index in [0.717, 1.165) is 25.1 Å². The number of methoxy groups -OCH3 is 2. The number of piperidine rings is 1. The summed E-state index contributed by atoms with van der Waals surface area (Å²) < 4.78 is 9.97. The summed E-state index contributed by atoms with van der Waals surface area (Å²) >= 11 is 0. The second-order valence-electron chi connectivity index (χ2n) is 5.42. The molecule has 1 fully saturated rings. The third-order valence-electron chi connectivity index (χ3n) is 3.96. The molecule has 21 heavy (non-hydrogen) atoms. The summed E-state index contributed by atoms with van der Waals surface area (Å²) in [7, 11) is 3.10. The monoisotopic (exact) mass is 292 g/mol. The first-order valence-electron chi connectivity index (χ1n) is 7.37. The van der Waals surface area contributed by atoms with Gasteiger partial charge in [-0.2, -0.15) is 0 Å². The maximum atomic E-state index is 11.6. The van der Waals surface area contributed by atoms with Crippen molar-refractivity contribution >= 4 is 6.09 Å². The summed E-state index contributed by atoms with van der Waals surface area (Å²) in [6.45, 7) is 3.62. The van der Waals surface area contributed by atoms with E-state index in [-0.39, 0.29) is 12.1 Å². The highest BCUT2D eigenvalue weighted by Gasteiger charge is 2.25. The van der Waals surface area contributed by atoms with E-state index in [1.807, 2.05) is 12.1 Å². The van der Waals surface area contributed by atoms with E-state index in [1.54, 1.807) is 12.0 Å². The van der Waals surface area contributed by atoms with Crippen molar-refractivity contribution in [1.82, 2.24) is 10.2 Å². The van der Waals surface area contributed by atoms with Crippen LogP contribution in [-0.2, 0) is 4.74 Å². The standard InChI is InChI=1S/C16H24N2O3/c1-12(13-6-8-15(20-2)9-7-13)17-14-5-4-10-18(11-14)16(19)21-3/h6-9,12,14,17H,4-5,10-11H2,1-3H3/t12-,14+/m0/s1. The molecule has 0 unspecified atom stereocenters. The molecule has 1 saturated heterocycles. The number of rotatable bonds is 4. The lowest BCUT2D eigenvalue weighted by Gasteiger charge is -2.34. The van der Waals surface area contributed by atoms with Crippen LogP contribution in [0.2, 0.25) is 0 Å². The van der Waals surface area contributed by atoms with Crippen LogP contribution in [0.15, 0.2) is 24.3 Å². The van der Waals surface area contributed by atoms with Crippen molar-refractivity contribution in [3.63, 3.8) is 0 Å². The fourth-order valence-corrected chi connectivity index (χ4v) is 2.75. The van der Waals surface area contributed by atoms with E-state index in [0.29, 0.717) is 12.6 Å². The summed E-state index contributed by atoms with van der Waals surface area (Å²) in [5, 5.41) is 3.59. The van der Waals surface area contributed by atoms with Crippen molar-refractivity contribution in [2.75, 3.05) is 27.3 Å². The minimum absolute atomic E-state index is 0.235. The number of hydrogen-bond donors (Lipinski definition) is 1. The molecule has 1 aromatic rings. The van der Waals surface area contributed by atoms with Gasteiger partial charge in [-0.05, 0) is 37.5 Å². The van der Waals surface area contributed by atoms with Gasteiger partial charge in [0.1, 0.15) is 5.75 Å². The maximum Gasteiger partial charge on any atom is 0.409 e. The van der Waals surface area contributed by atoms with Gasteiger partial charge in [-0.15, -0.1) is 0 Å². The van der Waals surface area contributed by atoms with E-state index in [4.69, 9.17) is 9.47 Å². The predicted octanol–water partition coefficient (Wildman–Crippen LogP) is 2.58. The summed E-state index contributed by atoms with van der Waals surface area (Å²) in [5.74, 6) is 0.862. The molecule has 1 aliphatic heterocycles. The van der Waals surface area contributed by atoms with Crippen molar-refractivity contribution in [3.05, 3.63) is 29.8 Å². The molecule has 0 saturated carbocycles. The molecule has 1 amide bonds. The summed E-state index contributed by atoms with van der Waals surface area (Å²) in [5.41, 5.74) is 1.21. The Labute approximate surface area is 126 Å². The van der Waals surface area contributed by atoms with Crippen LogP contribution in [0.3, 0.4) is 0 Å². The molecule has 0 spiro atoms. The SMILES string of the molecule is COC(=O)N1CCC[C@@H](N[C@@H](C)c2ccc(OC)cc2)C1. The van der Waals surface area contributed by atoms with Gasteiger partial charge in [0.25, 0.3) is 0 Å². The fourth-order valence-electron chi connectivity index (χ4n) is 2.75. The van der Waals surface area contributed by atoms with Crippen LogP contribution in [0.5, 0.6) is 5.75 Å². The summed E-state index contributed by atoms with van der Waals surface area (Å²) in [4.78, 5) is 13.4. The van der Waals surface area contributed by atoms with Crippen LogP contribution < -0.4 is 10.1 Å². The Hall–Kier alpha value is -1.75. The van der Waals surface area contributed by atoms with E-state index in [2.05, 4.69) is 24.4 Å². The first-order valence-corrected chi connectivity index (χ1v) is 7.37. The molecule has 0 bridgehead atoms. The lowest BCUT2D eigenvalue weighted by atomic mass is 10.0. The highest BCUT2D eigenvalue weighted by molar-refractivity contribution is 5.67. The Kier molecular flexibility index (Phi) is 5.44. The first kappa shape index (κ1) is 15.6. The van der Waals surface area contributed by atoms with Gasteiger partial charge in [0.05, 0.1) is 14.2 Å². The average Bonchev–Trinajstić information content (AvgIpc) is 2.54.